The highest BCUT2D eigenvalue weighted by Crippen LogP contribution is 2.93. The van der Waals surface area contributed by atoms with Crippen molar-refractivity contribution in [3.8, 4) is 0 Å². The molecule has 0 N–H and O–H groups in total. The Morgan fingerprint density at radius 3 is 1.24 bits per heavy atom. The van der Waals surface area contributed by atoms with Gasteiger partial charge < -0.3 is 0 Å². The number of hydrogen-bond acceptors (Lipinski definition) is 0. The van der Waals surface area contributed by atoms with Crippen LogP contribution >= 0.6 is 0 Å². The van der Waals surface area contributed by atoms with Gasteiger partial charge in [-0.3, -0.25) is 0 Å². The lowest BCUT2D eigenvalue weighted by Crippen LogP contribution is -2.90. The third-order valence-electron chi connectivity index (χ3n) is 12.0. The fourth-order valence-corrected chi connectivity index (χ4v) is 11.9. The second kappa shape index (κ2) is 2.57. The zero-order chi connectivity index (χ0) is 12.8. The standard InChI is InChI=1S/C21H26/c1-2-6-4-8-10(6)14-12(8)16-18(14)20-17-13-9-5-7(3-1)11(9)15(13)19(17)21(16)20/h6-21H,1-5H2. The summed E-state index contributed by atoms with van der Waals surface area (Å²) in [6, 6.07) is 0. The molecule has 0 aromatic heterocycles. The van der Waals surface area contributed by atoms with Crippen LogP contribution in [0.3, 0.4) is 0 Å². The first-order chi connectivity index (χ1) is 10.4. The zero-order valence-corrected chi connectivity index (χ0v) is 12.8. The van der Waals surface area contributed by atoms with Crippen molar-refractivity contribution in [1.82, 2.24) is 0 Å². The van der Waals surface area contributed by atoms with Crippen molar-refractivity contribution in [3.05, 3.63) is 0 Å². The maximum absolute atomic E-state index is 1.68. The summed E-state index contributed by atoms with van der Waals surface area (Å²) in [4.78, 5) is 0. The van der Waals surface area contributed by atoms with Crippen LogP contribution in [0.1, 0.15) is 32.1 Å². The number of hydrogen-bond donors (Lipinski definition) is 0. The molecule has 11 rings (SSSR count). The summed E-state index contributed by atoms with van der Waals surface area (Å²) in [5.74, 6) is 20.6. The molecule has 16 atom stereocenters. The fraction of sp³-hybridized carbons (Fsp3) is 1.00. The van der Waals surface area contributed by atoms with Crippen molar-refractivity contribution >= 4 is 0 Å². The van der Waals surface area contributed by atoms with E-state index in [-0.39, 0.29) is 0 Å². The molecule has 0 heterocycles. The zero-order valence-electron chi connectivity index (χ0n) is 12.8. The maximum atomic E-state index is 1.68. The van der Waals surface area contributed by atoms with Gasteiger partial charge in [0, 0.05) is 0 Å². The van der Waals surface area contributed by atoms with Crippen LogP contribution in [0.2, 0.25) is 0 Å². The molecule has 11 saturated carbocycles. The first-order valence-electron chi connectivity index (χ1n) is 10.4. The summed E-state index contributed by atoms with van der Waals surface area (Å²) in [5, 5.41) is 0. The quantitative estimate of drug-likeness (QED) is 0.630. The summed E-state index contributed by atoms with van der Waals surface area (Å²) in [5.41, 5.74) is 0. The van der Waals surface area contributed by atoms with Crippen molar-refractivity contribution in [1.29, 1.82) is 0 Å². The molecule has 110 valence electrons. The predicted octanol–water partition coefficient (Wildman–Crippen LogP) is 3.92. The van der Waals surface area contributed by atoms with Crippen LogP contribution in [0.5, 0.6) is 0 Å². The Kier molecular flexibility index (Phi) is 1.22. The van der Waals surface area contributed by atoms with Crippen LogP contribution in [0.25, 0.3) is 0 Å². The highest BCUT2D eigenvalue weighted by Gasteiger charge is 2.89. The molecule has 0 aromatic rings. The van der Waals surface area contributed by atoms with Gasteiger partial charge >= 0.3 is 0 Å². The van der Waals surface area contributed by atoms with E-state index in [4.69, 9.17) is 0 Å². The Morgan fingerprint density at radius 2 is 0.762 bits per heavy atom. The third kappa shape index (κ3) is 0.675. The lowest BCUT2D eigenvalue weighted by atomic mass is 9.10. The van der Waals surface area contributed by atoms with E-state index in [0.717, 1.165) is 0 Å². The van der Waals surface area contributed by atoms with E-state index < -0.39 is 0 Å². The molecule has 11 aliphatic rings. The third-order valence-corrected chi connectivity index (χ3v) is 12.0. The maximum Gasteiger partial charge on any atom is -0.0312 e. The molecule has 11 aliphatic carbocycles. The highest BCUT2D eigenvalue weighted by atomic mass is 14.9. The van der Waals surface area contributed by atoms with Crippen molar-refractivity contribution in [2.75, 3.05) is 0 Å². The summed E-state index contributed by atoms with van der Waals surface area (Å²) in [6.45, 7) is 0. The molecule has 16 unspecified atom stereocenters. The van der Waals surface area contributed by atoms with Gasteiger partial charge in [0.2, 0.25) is 0 Å². The van der Waals surface area contributed by atoms with Gasteiger partial charge in [-0.15, -0.1) is 0 Å². The average Bonchev–Trinajstić information content (AvgIpc) is 2.45. The predicted molar refractivity (Wildman–Crippen MR) is 78.9 cm³/mol. The Bertz CT molecular complexity index is 526. The topological polar surface area (TPSA) is 0 Å². The van der Waals surface area contributed by atoms with E-state index in [2.05, 4.69) is 0 Å². The molecule has 0 radical (unpaired) electrons. The Labute approximate surface area is 127 Å². The molecule has 11 fully saturated rings. The minimum absolute atomic E-state index is 1.22. The molecule has 0 spiro atoms. The summed E-state index contributed by atoms with van der Waals surface area (Å²) < 4.78 is 0. The van der Waals surface area contributed by atoms with E-state index in [9.17, 15) is 0 Å². The molecule has 0 aliphatic heterocycles. The average molecular weight is 278 g/mol. The summed E-state index contributed by atoms with van der Waals surface area (Å²) >= 11 is 0. The molecular formula is C21H26. The van der Waals surface area contributed by atoms with E-state index in [1.54, 1.807) is 32.1 Å². The molecule has 0 aromatic carbocycles. The van der Waals surface area contributed by atoms with Gasteiger partial charge in [-0.2, -0.15) is 0 Å². The molecule has 8 bridgehead atoms. The molecule has 0 nitrogen and oxygen atoms in total. The fourth-order valence-electron chi connectivity index (χ4n) is 11.9. The molecular weight excluding hydrogens is 252 g/mol. The summed E-state index contributed by atoms with van der Waals surface area (Å²) in [7, 11) is 0. The monoisotopic (exact) mass is 278 g/mol. The number of rotatable bonds is 0. The van der Waals surface area contributed by atoms with Crippen LogP contribution < -0.4 is 0 Å². The first-order valence-corrected chi connectivity index (χ1v) is 10.4. The van der Waals surface area contributed by atoms with E-state index in [1.807, 2.05) is 0 Å². The van der Waals surface area contributed by atoms with E-state index in [0.29, 0.717) is 0 Å². The largest absolute Gasteiger partial charge is 0.0528 e. The van der Waals surface area contributed by atoms with E-state index in [1.165, 1.54) is 94.7 Å². The minimum atomic E-state index is 1.22. The van der Waals surface area contributed by atoms with Crippen molar-refractivity contribution in [3.63, 3.8) is 0 Å². The lowest BCUT2D eigenvalue weighted by Gasteiger charge is -2.94. The van der Waals surface area contributed by atoms with Gasteiger partial charge in [0.05, 0.1) is 0 Å². The molecule has 0 heteroatoms. The van der Waals surface area contributed by atoms with E-state index >= 15 is 0 Å². The van der Waals surface area contributed by atoms with Crippen molar-refractivity contribution < 1.29 is 0 Å². The smallest absolute Gasteiger partial charge is 0.0312 e. The Morgan fingerprint density at radius 1 is 0.381 bits per heavy atom. The van der Waals surface area contributed by atoms with Crippen LogP contribution in [0.15, 0.2) is 0 Å². The van der Waals surface area contributed by atoms with Gasteiger partial charge in [-0.1, -0.05) is 19.3 Å². The van der Waals surface area contributed by atoms with Gasteiger partial charge in [0.1, 0.15) is 0 Å². The summed E-state index contributed by atoms with van der Waals surface area (Å²) in [6.07, 6.45) is 8.27. The van der Waals surface area contributed by atoms with Crippen LogP contribution in [0, 0.1) is 94.7 Å². The Hall–Kier alpha value is 0. The van der Waals surface area contributed by atoms with Crippen LogP contribution in [-0.2, 0) is 0 Å². The second-order valence-corrected chi connectivity index (χ2v) is 11.2. The van der Waals surface area contributed by atoms with Gasteiger partial charge in [-0.25, -0.2) is 0 Å². The highest BCUT2D eigenvalue weighted by molar-refractivity contribution is 5.36. The van der Waals surface area contributed by atoms with Gasteiger partial charge in [0.25, 0.3) is 0 Å². The van der Waals surface area contributed by atoms with Crippen LogP contribution in [-0.4, -0.2) is 0 Å². The van der Waals surface area contributed by atoms with Crippen molar-refractivity contribution in [2.45, 2.75) is 32.1 Å². The SMILES string of the molecule is C1CC2CC3C2C2C3C3C2C2C4C5C6CC(C1)C6C5C4C32. The molecule has 0 saturated heterocycles. The first kappa shape index (κ1) is 9.99. The van der Waals surface area contributed by atoms with Gasteiger partial charge in [0.15, 0.2) is 0 Å². The van der Waals surface area contributed by atoms with Gasteiger partial charge in [-0.05, 0) is 108 Å². The normalized spacial score (nSPS) is 88.0. The second-order valence-electron chi connectivity index (χ2n) is 11.2. The van der Waals surface area contributed by atoms with Crippen LogP contribution in [0.4, 0.5) is 0 Å². The van der Waals surface area contributed by atoms with Crippen molar-refractivity contribution in [2.24, 2.45) is 94.7 Å². The molecule has 21 heavy (non-hydrogen) atoms. The Balaban J connectivity index is 1.18. The minimum Gasteiger partial charge on any atom is -0.0528 e. The lowest BCUT2D eigenvalue weighted by molar-refractivity contribution is -0.473. The molecule has 0 amide bonds.